The van der Waals surface area contributed by atoms with Crippen LogP contribution in [0.3, 0.4) is 0 Å². The number of amides is 1. The van der Waals surface area contributed by atoms with E-state index < -0.39 is 0 Å². The van der Waals surface area contributed by atoms with Crippen molar-refractivity contribution >= 4 is 45.8 Å². The molecule has 5 aromatic rings. The van der Waals surface area contributed by atoms with E-state index in [-0.39, 0.29) is 17.3 Å². The summed E-state index contributed by atoms with van der Waals surface area (Å²) in [6, 6.07) is 20.1. The van der Waals surface area contributed by atoms with Crippen molar-refractivity contribution in [3.63, 3.8) is 0 Å². The van der Waals surface area contributed by atoms with Gasteiger partial charge in [-0.15, -0.1) is 0 Å². The van der Waals surface area contributed by atoms with Crippen LogP contribution in [0, 0.1) is 0 Å². The molecule has 5 rings (SSSR count). The molecule has 146 valence electrons. The van der Waals surface area contributed by atoms with Gasteiger partial charge in [-0.2, -0.15) is 9.78 Å². The van der Waals surface area contributed by atoms with Gasteiger partial charge in [-0.25, -0.2) is 9.97 Å². The summed E-state index contributed by atoms with van der Waals surface area (Å²) in [7, 11) is 0. The molecule has 8 heteroatoms. The monoisotopic (exact) mass is 396 g/mol. The van der Waals surface area contributed by atoms with Gasteiger partial charge in [0.2, 0.25) is 0 Å². The number of carbonyl (C=O) groups is 1. The molecule has 30 heavy (non-hydrogen) atoms. The Labute approximate surface area is 170 Å². The number of hydrogen-bond acceptors (Lipinski definition) is 6. The van der Waals surface area contributed by atoms with E-state index in [1.807, 2.05) is 42.5 Å². The minimum absolute atomic E-state index is 0.136. The van der Waals surface area contributed by atoms with Gasteiger partial charge in [0.05, 0.1) is 23.5 Å². The number of nitrogen functional groups attached to an aromatic ring is 1. The maximum Gasteiger partial charge on any atom is 0.261 e. The first kappa shape index (κ1) is 17.6. The van der Waals surface area contributed by atoms with Crippen LogP contribution in [0.2, 0.25) is 0 Å². The Morgan fingerprint density at radius 3 is 2.47 bits per heavy atom. The van der Waals surface area contributed by atoms with Crippen LogP contribution in [-0.2, 0) is 0 Å². The summed E-state index contributed by atoms with van der Waals surface area (Å²) in [6.45, 7) is 0. The van der Waals surface area contributed by atoms with Crippen molar-refractivity contribution in [1.29, 1.82) is 0 Å². The number of furan rings is 1. The maximum atomic E-state index is 13.1. The SMILES string of the molecule is Nc1c(C(=O)Nc2ccccc2)c2nc3ccccc3nc2n1/N=C/c1ccco1. The first-order chi connectivity index (χ1) is 14.7. The van der Waals surface area contributed by atoms with Crippen LogP contribution in [0.5, 0.6) is 0 Å². The number of rotatable bonds is 4. The number of nitrogens with two attached hydrogens (primary N) is 1. The molecule has 0 fully saturated rings. The Kier molecular flexibility index (Phi) is 4.21. The van der Waals surface area contributed by atoms with Gasteiger partial charge in [0, 0.05) is 5.69 Å². The van der Waals surface area contributed by atoms with Gasteiger partial charge in [-0.3, -0.25) is 4.79 Å². The molecule has 3 N–H and O–H groups in total. The molecule has 0 saturated heterocycles. The first-order valence-electron chi connectivity index (χ1n) is 9.21. The summed E-state index contributed by atoms with van der Waals surface area (Å²) in [6.07, 6.45) is 3.05. The molecule has 0 radical (unpaired) electrons. The summed E-state index contributed by atoms with van der Waals surface area (Å²) in [5.74, 6) is 0.289. The van der Waals surface area contributed by atoms with Gasteiger partial charge in [0.1, 0.15) is 22.7 Å². The number of hydrogen-bond donors (Lipinski definition) is 2. The summed E-state index contributed by atoms with van der Waals surface area (Å²) in [5, 5.41) is 7.24. The quantitative estimate of drug-likeness (QED) is 0.448. The van der Waals surface area contributed by atoms with Crippen molar-refractivity contribution in [1.82, 2.24) is 14.6 Å². The standard InChI is InChI=1S/C22H16N6O2/c23-20-18(22(29)25-14-7-2-1-3-8-14)19-21(27-17-11-5-4-10-16(17)26-19)28(20)24-13-15-9-6-12-30-15/h1-13H,23H2,(H,25,29)/b24-13+. The molecule has 8 nitrogen and oxygen atoms in total. The molecular weight excluding hydrogens is 380 g/mol. The Morgan fingerprint density at radius 2 is 1.73 bits per heavy atom. The van der Waals surface area contributed by atoms with Crippen molar-refractivity contribution in [2.45, 2.75) is 0 Å². The summed E-state index contributed by atoms with van der Waals surface area (Å²) < 4.78 is 6.69. The van der Waals surface area contributed by atoms with E-state index >= 15 is 0 Å². The van der Waals surface area contributed by atoms with Crippen LogP contribution in [-0.4, -0.2) is 26.8 Å². The highest BCUT2D eigenvalue weighted by atomic mass is 16.3. The molecule has 0 atom stereocenters. The van der Waals surface area contributed by atoms with E-state index in [1.54, 1.807) is 30.5 Å². The third-order valence-electron chi connectivity index (χ3n) is 4.58. The van der Waals surface area contributed by atoms with E-state index in [2.05, 4.69) is 20.4 Å². The zero-order valence-electron chi connectivity index (χ0n) is 15.7. The normalized spacial score (nSPS) is 11.5. The molecule has 2 aromatic carbocycles. The predicted molar refractivity (Wildman–Crippen MR) is 116 cm³/mol. The molecule has 0 spiro atoms. The Bertz CT molecular complexity index is 1390. The van der Waals surface area contributed by atoms with Gasteiger partial charge >= 0.3 is 0 Å². The number of aromatic nitrogens is 3. The molecule has 0 aliphatic rings. The zero-order chi connectivity index (χ0) is 20.5. The van der Waals surface area contributed by atoms with E-state index in [9.17, 15) is 4.79 Å². The zero-order valence-corrected chi connectivity index (χ0v) is 15.7. The topological polar surface area (TPSA) is 111 Å². The highest BCUT2D eigenvalue weighted by Crippen LogP contribution is 2.28. The number of carbonyl (C=O) groups excluding carboxylic acids is 1. The molecular formula is C22H16N6O2. The van der Waals surface area contributed by atoms with Crippen LogP contribution in [0.1, 0.15) is 16.1 Å². The van der Waals surface area contributed by atoms with Crippen LogP contribution >= 0.6 is 0 Å². The minimum Gasteiger partial charge on any atom is -0.463 e. The average Bonchev–Trinajstić information content (AvgIpc) is 3.37. The smallest absolute Gasteiger partial charge is 0.261 e. The van der Waals surface area contributed by atoms with Crippen LogP contribution in [0.25, 0.3) is 22.2 Å². The fourth-order valence-electron chi connectivity index (χ4n) is 3.18. The lowest BCUT2D eigenvalue weighted by molar-refractivity contribution is 0.102. The molecule has 3 heterocycles. The molecule has 1 amide bonds. The summed E-state index contributed by atoms with van der Waals surface area (Å²) >= 11 is 0. The second-order valence-corrected chi connectivity index (χ2v) is 6.54. The fraction of sp³-hybridized carbons (Fsp3) is 0. The number of nitrogens with zero attached hydrogens (tertiary/aromatic N) is 4. The van der Waals surface area contributed by atoms with E-state index in [0.717, 1.165) is 0 Å². The van der Waals surface area contributed by atoms with Gasteiger partial charge in [-0.05, 0) is 36.4 Å². The number of anilines is 2. The van der Waals surface area contributed by atoms with Gasteiger partial charge in [0.15, 0.2) is 5.65 Å². The third kappa shape index (κ3) is 3.06. The molecule has 0 aliphatic carbocycles. The van der Waals surface area contributed by atoms with Crippen molar-refractivity contribution < 1.29 is 9.21 Å². The predicted octanol–water partition coefficient (Wildman–Crippen LogP) is 3.89. The summed E-state index contributed by atoms with van der Waals surface area (Å²) in [4.78, 5) is 22.4. The highest BCUT2D eigenvalue weighted by Gasteiger charge is 2.24. The number of fused-ring (bicyclic) bond motifs is 2. The molecule has 0 unspecified atom stereocenters. The Hall–Kier alpha value is -4.46. The van der Waals surface area contributed by atoms with Crippen LogP contribution in [0.4, 0.5) is 11.5 Å². The highest BCUT2D eigenvalue weighted by molar-refractivity contribution is 6.16. The Balaban J connectivity index is 1.69. The summed E-state index contributed by atoms with van der Waals surface area (Å²) in [5.41, 5.74) is 9.30. The van der Waals surface area contributed by atoms with Crippen molar-refractivity contribution in [3.05, 3.63) is 84.3 Å². The minimum atomic E-state index is -0.389. The van der Waals surface area contributed by atoms with Gasteiger partial charge < -0.3 is 15.5 Å². The van der Waals surface area contributed by atoms with E-state index in [4.69, 9.17) is 10.2 Å². The largest absolute Gasteiger partial charge is 0.463 e. The maximum absolute atomic E-state index is 13.1. The lowest BCUT2D eigenvalue weighted by Crippen LogP contribution is -2.14. The molecule has 3 aromatic heterocycles. The first-order valence-corrected chi connectivity index (χ1v) is 9.21. The van der Waals surface area contributed by atoms with Crippen LogP contribution < -0.4 is 11.1 Å². The second kappa shape index (κ2) is 7.17. The molecule has 0 aliphatic heterocycles. The molecule has 0 saturated carbocycles. The fourth-order valence-corrected chi connectivity index (χ4v) is 3.18. The van der Waals surface area contributed by atoms with E-state index in [1.165, 1.54) is 10.9 Å². The van der Waals surface area contributed by atoms with Gasteiger partial charge in [-0.1, -0.05) is 30.3 Å². The van der Waals surface area contributed by atoms with Gasteiger partial charge in [0.25, 0.3) is 5.91 Å². The van der Waals surface area contributed by atoms with Crippen molar-refractivity contribution in [2.75, 3.05) is 11.1 Å². The van der Waals surface area contributed by atoms with Crippen molar-refractivity contribution in [3.8, 4) is 0 Å². The Morgan fingerprint density at radius 1 is 1.00 bits per heavy atom. The number of benzene rings is 2. The average molecular weight is 396 g/mol. The molecule has 0 bridgehead atoms. The van der Waals surface area contributed by atoms with E-state index in [0.29, 0.717) is 33.6 Å². The number of nitrogens with one attached hydrogen (secondary N) is 1. The third-order valence-corrected chi connectivity index (χ3v) is 4.58. The van der Waals surface area contributed by atoms with Crippen molar-refractivity contribution in [2.24, 2.45) is 5.10 Å². The lowest BCUT2D eigenvalue weighted by Gasteiger charge is -2.05. The lowest BCUT2D eigenvalue weighted by atomic mass is 10.2. The second-order valence-electron chi connectivity index (χ2n) is 6.54. The van der Waals surface area contributed by atoms with Crippen LogP contribution in [0.15, 0.2) is 82.5 Å². The number of para-hydroxylation sites is 3.